The lowest BCUT2D eigenvalue weighted by molar-refractivity contribution is -0.126. The van der Waals surface area contributed by atoms with E-state index in [1.165, 1.54) is 32.2 Å². The number of nitrogens with one attached hydrogen (secondary N) is 3. The summed E-state index contributed by atoms with van der Waals surface area (Å²) in [5.41, 5.74) is 2.52. The van der Waals surface area contributed by atoms with Gasteiger partial charge < -0.3 is 10.1 Å². The Morgan fingerprint density at radius 2 is 1.84 bits per heavy atom. The maximum atomic E-state index is 12.4. The Labute approximate surface area is 147 Å². The molecule has 2 rings (SSSR count). The second-order valence-corrected chi connectivity index (χ2v) is 7.66. The van der Waals surface area contributed by atoms with Crippen LogP contribution < -0.4 is 20.3 Å². The molecular formula is C16H23N3O5S. The van der Waals surface area contributed by atoms with E-state index in [4.69, 9.17) is 4.74 Å². The Morgan fingerprint density at radius 1 is 1.16 bits per heavy atom. The molecule has 3 N–H and O–H groups in total. The molecule has 0 unspecified atom stereocenters. The molecule has 1 fully saturated rings. The molecule has 0 bridgehead atoms. The lowest BCUT2D eigenvalue weighted by atomic mass is 9.89. The number of hydrazine groups is 1. The lowest BCUT2D eigenvalue weighted by Crippen LogP contribution is -2.44. The summed E-state index contributed by atoms with van der Waals surface area (Å²) < 4.78 is 29.8. The lowest BCUT2D eigenvalue weighted by Gasteiger charge is -2.21. The van der Waals surface area contributed by atoms with E-state index < -0.39 is 10.0 Å². The van der Waals surface area contributed by atoms with E-state index in [9.17, 15) is 18.0 Å². The molecule has 1 aliphatic rings. The van der Waals surface area contributed by atoms with Crippen LogP contribution >= 0.6 is 0 Å². The molecule has 0 heterocycles. The van der Waals surface area contributed by atoms with Crippen molar-refractivity contribution < 1.29 is 22.7 Å². The Balaban J connectivity index is 2.10. The fourth-order valence-electron chi connectivity index (χ4n) is 2.78. The molecule has 1 aromatic carbocycles. The summed E-state index contributed by atoms with van der Waals surface area (Å²) in [6.45, 7) is 1.31. The highest BCUT2D eigenvalue weighted by atomic mass is 32.2. The van der Waals surface area contributed by atoms with E-state index in [0.29, 0.717) is 5.75 Å². The number of methoxy groups -OCH3 is 1. The smallest absolute Gasteiger partial charge is 0.257 e. The summed E-state index contributed by atoms with van der Waals surface area (Å²) in [5.74, 6) is -0.507. The molecule has 0 radical (unpaired) electrons. The predicted octanol–water partition coefficient (Wildman–Crippen LogP) is 1.54. The third-order valence-corrected chi connectivity index (χ3v) is 5.32. The highest BCUT2D eigenvalue weighted by Gasteiger charge is 2.23. The first-order valence-corrected chi connectivity index (χ1v) is 9.59. The minimum atomic E-state index is -3.97. The Morgan fingerprint density at radius 3 is 2.44 bits per heavy atom. The molecule has 8 nitrogen and oxygen atoms in total. The van der Waals surface area contributed by atoms with E-state index in [1.54, 1.807) is 0 Å². The zero-order valence-electron chi connectivity index (χ0n) is 14.3. The van der Waals surface area contributed by atoms with E-state index in [2.05, 4.69) is 15.6 Å². The summed E-state index contributed by atoms with van der Waals surface area (Å²) >= 11 is 0. The summed E-state index contributed by atoms with van der Waals surface area (Å²) in [7, 11) is -2.55. The molecule has 0 saturated heterocycles. The van der Waals surface area contributed by atoms with Gasteiger partial charge in [-0.15, -0.1) is 4.83 Å². The molecule has 1 aromatic rings. The maximum absolute atomic E-state index is 12.4. The van der Waals surface area contributed by atoms with Crippen molar-refractivity contribution in [3.8, 4) is 5.75 Å². The SMILES string of the molecule is COc1ccc(S(=O)(=O)NNC(=O)C2CCCCC2)cc1NC(C)=O. The largest absolute Gasteiger partial charge is 0.495 e. The van der Waals surface area contributed by atoms with Gasteiger partial charge in [-0.05, 0) is 31.0 Å². The molecule has 1 aliphatic carbocycles. The van der Waals surface area contributed by atoms with Crippen LogP contribution in [0.2, 0.25) is 0 Å². The second kappa shape index (κ2) is 8.30. The summed E-state index contributed by atoms with van der Waals surface area (Å²) in [4.78, 5) is 25.3. The predicted molar refractivity (Wildman–Crippen MR) is 92.3 cm³/mol. The van der Waals surface area contributed by atoms with Crippen molar-refractivity contribution in [2.45, 2.75) is 43.9 Å². The van der Waals surface area contributed by atoms with Crippen molar-refractivity contribution in [3.63, 3.8) is 0 Å². The fraction of sp³-hybridized carbons (Fsp3) is 0.500. The van der Waals surface area contributed by atoms with Gasteiger partial charge in [0.25, 0.3) is 10.0 Å². The van der Waals surface area contributed by atoms with Crippen LogP contribution in [0, 0.1) is 5.92 Å². The zero-order valence-corrected chi connectivity index (χ0v) is 15.1. The number of rotatable bonds is 6. The van der Waals surface area contributed by atoms with Crippen molar-refractivity contribution >= 4 is 27.5 Å². The van der Waals surface area contributed by atoms with Gasteiger partial charge in [0.2, 0.25) is 11.8 Å². The monoisotopic (exact) mass is 369 g/mol. The van der Waals surface area contributed by atoms with Crippen LogP contribution in [0.3, 0.4) is 0 Å². The molecule has 0 atom stereocenters. The Kier molecular flexibility index (Phi) is 6.38. The number of ether oxygens (including phenoxy) is 1. The quantitative estimate of drug-likeness (QED) is 0.658. The van der Waals surface area contributed by atoms with Crippen molar-refractivity contribution in [1.82, 2.24) is 10.3 Å². The highest BCUT2D eigenvalue weighted by molar-refractivity contribution is 7.89. The van der Waals surface area contributed by atoms with Gasteiger partial charge in [-0.25, -0.2) is 8.42 Å². The number of amides is 2. The number of carbonyl (C=O) groups is 2. The van der Waals surface area contributed by atoms with Gasteiger partial charge in [-0.3, -0.25) is 15.0 Å². The van der Waals surface area contributed by atoms with Crippen LogP contribution in [0.15, 0.2) is 23.1 Å². The number of hydrogen-bond acceptors (Lipinski definition) is 5. The van der Waals surface area contributed by atoms with Crippen molar-refractivity contribution in [2.75, 3.05) is 12.4 Å². The van der Waals surface area contributed by atoms with E-state index in [0.717, 1.165) is 32.1 Å². The van der Waals surface area contributed by atoms with Gasteiger partial charge in [0, 0.05) is 12.8 Å². The van der Waals surface area contributed by atoms with Crippen LogP contribution in [0.1, 0.15) is 39.0 Å². The average Bonchev–Trinajstić information content (AvgIpc) is 2.60. The standard InChI is InChI=1S/C16H23N3O5S/c1-11(20)17-14-10-13(8-9-15(14)24-2)25(22,23)19-18-16(21)12-6-4-3-5-7-12/h8-10,12,19H,3-7H2,1-2H3,(H,17,20)(H,18,21). The molecule has 25 heavy (non-hydrogen) atoms. The minimum absolute atomic E-state index is 0.0963. The average molecular weight is 369 g/mol. The van der Waals surface area contributed by atoms with Crippen LogP contribution in [0.5, 0.6) is 5.75 Å². The number of hydrogen-bond donors (Lipinski definition) is 3. The summed E-state index contributed by atoms with van der Waals surface area (Å²) in [6.07, 6.45) is 4.59. The van der Waals surface area contributed by atoms with Gasteiger partial charge >= 0.3 is 0 Å². The number of benzene rings is 1. The van der Waals surface area contributed by atoms with Gasteiger partial charge in [-0.1, -0.05) is 19.3 Å². The van der Waals surface area contributed by atoms with Gasteiger partial charge in [-0.2, -0.15) is 0 Å². The Hall–Kier alpha value is -2.13. The molecular weight excluding hydrogens is 346 g/mol. The van der Waals surface area contributed by atoms with E-state index in [-0.39, 0.29) is 28.3 Å². The first-order valence-electron chi connectivity index (χ1n) is 8.11. The topological polar surface area (TPSA) is 114 Å². The molecule has 0 aliphatic heterocycles. The van der Waals surface area contributed by atoms with Crippen LogP contribution in [-0.4, -0.2) is 27.3 Å². The third-order valence-electron chi connectivity index (χ3n) is 4.08. The molecule has 2 amide bonds. The normalized spacial score (nSPS) is 15.4. The number of carbonyl (C=O) groups excluding carboxylic acids is 2. The first-order chi connectivity index (χ1) is 11.8. The van der Waals surface area contributed by atoms with Crippen molar-refractivity contribution in [2.24, 2.45) is 5.92 Å². The zero-order chi connectivity index (χ0) is 18.4. The molecule has 1 saturated carbocycles. The van der Waals surface area contributed by atoms with Gasteiger partial charge in [0.1, 0.15) is 5.75 Å². The Bertz CT molecular complexity index is 742. The van der Waals surface area contributed by atoms with Gasteiger partial charge in [0.05, 0.1) is 17.7 Å². The van der Waals surface area contributed by atoms with E-state index in [1.807, 2.05) is 0 Å². The minimum Gasteiger partial charge on any atom is -0.495 e. The fourth-order valence-corrected chi connectivity index (χ4v) is 3.66. The summed E-state index contributed by atoms with van der Waals surface area (Å²) in [6, 6.07) is 4.04. The molecule has 9 heteroatoms. The maximum Gasteiger partial charge on any atom is 0.257 e. The second-order valence-electron chi connectivity index (χ2n) is 5.97. The first kappa shape index (κ1) is 19.2. The van der Waals surface area contributed by atoms with Crippen molar-refractivity contribution in [1.29, 1.82) is 0 Å². The van der Waals surface area contributed by atoms with Crippen LogP contribution in [-0.2, 0) is 19.6 Å². The molecule has 0 spiro atoms. The van der Waals surface area contributed by atoms with Gasteiger partial charge in [0.15, 0.2) is 0 Å². The van der Waals surface area contributed by atoms with E-state index >= 15 is 0 Å². The number of anilines is 1. The number of sulfonamides is 1. The third kappa shape index (κ3) is 5.17. The van der Waals surface area contributed by atoms with Crippen LogP contribution in [0.25, 0.3) is 0 Å². The summed E-state index contributed by atoms with van der Waals surface area (Å²) in [5, 5.41) is 2.51. The molecule has 138 valence electrons. The van der Waals surface area contributed by atoms with Crippen LogP contribution in [0.4, 0.5) is 5.69 Å². The molecule has 0 aromatic heterocycles. The highest BCUT2D eigenvalue weighted by Crippen LogP contribution is 2.27. The van der Waals surface area contributed by atoms with Crippen molar-refractivity contribution in [3.05, 3.63) is 18.2 Å².